The van der Waals surface area contributed by atoms with Crippen LogP contribution in [0.25, 0.3) is 5.69 Å². The van der Waals surface area contributed by atoms with Crippen LogP contribution in [-0.4, -0.2) is 31.6 Å². The van der Waals surface area contributed by atoms with Gasteiger partial charge >= 0.3 is 5.69 Å². The lowest BCUT2D eigenvalue weighted by Crippen LogP contribution is -2.39. The van der Waals surface area contributed by atoms with Crippen LogP contribution in [0.15, 0.2) is 16.9 Å². The summed E-state index contributed by atoms with van der Waals surface area (Å²) in [4.78, 5) is 27.7. The van der Waals surface area contributed by atoms with Crippen molar-refractivity contribution < 1.29 is 9.90 Å². The van der Waals surface area contributed by atoms with E-state index in [1.807, 2.05) is 26.8 Å². The number of fused-ring (bicyclic) bond motifs is 5. The lowest BCUT2D eigenvalue weighted by molar-refractivity contribution is -0.134. The summed E-state index contributed by atoms with van der Waals surface area (Å²) in [6.07, 6.45) is 1.05. The fourth-order valence-electron chi connectivity index (χ4n) is 4.50. The summed E-state index contributed by atoms with van der Waals surface area (Å²) in [7, 11) is 0. The number of halogens is 1. The van der Waals surface area contributed by atoms with Gasteiger partial charge in [0.2, 0.25) is 11.8 Å². The summed E-state index contributed by atoms with van der Waals surface area (Å²) < 4.78 is 2.83. The van der Waals surface area contributed by atoms with Gasteiger partial charge in [-0.05, 0) is 36.5 Å². The van der Waals surface area contributed by atoms with Gasteiger partial charge in [-0.2, -0.15) is 5.26 Å². The summed E-state index contributed by atoms with van der Waals surface area (Å²) in [5.41, 5.74) is 1.28. The fraction of sp³-hybridized carbons (Fsp3) is 0.476. The van der Waals surface area contributed by atoms with Crippen LogP contribution in [0, 0.1) is 23.7 Å². The van der Waals surface area contributed by atoms with Gasteiger partial charge in [0.15, 0.2) is 0 Å². The molecule has 1 unspecified atom stereocenters. The van der Waals surface area contributed by atoms with Gasteiger partial charge in [-0.3, -0.25) is 9.36 Å². The Labute approximate surface area is 173 Å². The molecule has 1 N–H and O–H groups in total. The standard InChI is InChI=1S/C21H23ClN4O3/c1-11-14(6-5-12(9-23)17(11)22)26-19(28)18-15-7-13(25(18)20(26)29)10-24(15)16(27)8-21(2,3)4/h5-6,13,15,28H,7-8,10H2,1-4H3/t13-,15?/m1/s1. The predicted molar refractivity (Wildman–Crippen MR) is 108 cm³/mol. The highest BCUT2D eigenvalue weighted by Crippen LogP contribution is 2.49. The molecule has 7 nitrogen and oxygen atoms in total. The van der Waals surface area contributed by atoms with E-state index < -0.39 is 0 Å². The molecule has 0 aliphatic carbocycles. The van der Waals surface area contributed by atoms with Crippen molar-refractivity contribution in [2.75, 3.05) is 6.54 Å². The van der Waals surface area contributed by atoms with Crippen molar-refractivity contribution in [1.82, 2.24) is 14.0 Å². The largest absolute Gasteiger partial charge is 0.493 e. The number of carbonyl (C=O) groups is 1. The van der Waals surface area contributed by atoms with Gasteiger partial charge in [-0.25, -0.2) is 9.36 Å². The molecule has 29 heavy (non-hydrogen) atoms. The van der Waals surface area contributed by atoms with Crippen LogP contribution >= 0.6 is 11.6 Å². The molecule has 152 valence electrons. The lowest BCUT2D eigenvalue weighted by atomic mass is 9.91. The summed E-state index contributed by atoms with van der Waals surface area (Å²) in [5.74, 6) is -0.131. The molecular formula is C21H23ClN4O3. The van der Waals surface area contributed by atoms with E-state index in [2.05, 4.69) is 0 Å². The first-order chi connectivity index (χ1) is 13.5. The van der Waals surface area contributed by atoms with Crippen molar-refractivity contribution in [2.45, 2.75) is 52.6 Å². The fourth-order valence-corrected chi connectivity index (χ4v) is 4.70. The zero-order chi connectivity index (χ0) is 21.2. The minimum absolute atomic E-state index is 0.0356. The molecular weight excluding hydrogens is 392 g/mol. The highest BCUT2D eigenvalue weighted by Gasteiger charge is 2.49. The average Bonchev–Trinajstić information content (AvgIpc) is 3.28. The number of likely N-dealkylation sites (tertiary alicyclic amines) is 1. The maximum Gasteiger partial charge on any atom is 0.336 e. The smallest absolute Gasteiger partial charge is 0.336 e. The van der Waals surface area contributed by atoms with Gasteiger partial charge in [-0.15, -0.1) is 0 Å². The number of aromatic nitrogens is 2. The molecule has 1 amide bonds. The monoisotopic (exact) mass is 414 g/mol. The Balaban J connectivity index is 1.79. The van der Waals surface area contributed by atoms with Crippen LogP contribution in [0.5, 0.6) is 5.88 Å². The SMILES string of the molecule is Cc1c(-n2c(O)c3n(c2=O)[C@@H]2CC3N(C(=O)CC(C)(C)C)C2)ccc(C#N)c1Cl. The minimum Gasteiger partial charge on any atom is -0.493 e. The second-order valence-electron chi connectivity index (χ2n) is 9.07. The van der Waals surface area contributed by atoms with Crippen LogP contribution in [0.1, 0.15) is 62.5 Å². The van der Waals surface area contributed by atoms with Crippen molar-refractivity contribution in [3.63, 3.8) is 0 Å². The van der Waals surface area contributed by atoms with E-state index in [-0.39, 0.29) is 40.0 Å². The molecule has 2 atom stereocenters. The molecule has 1 aromatic heterocycles. The summed E-state index contributed by atoms with van der Waals surface area (Å²) in [5, 5.41) is 20.4. The minimum atomic E-state index is -0.350. The highest BCUT2D eigenvalue weighted by atomic mass is 35.5. The maximum atomic E-state index is 13.1. The Bertz CT molecular complexity index is 1130. The van der Waals surface area contributed by atoms with E-state index in [0.717, 1.165) is 0 Å². The number of hydrogen-bond donors (Lipinski definition) is 1. The van der Waals surface area contributed by atoms with Gasteiger partial charge in [-0.1, -0.05) is 32.4 Å². The molecule has 3 heterocycles. The number of aromatic hydroxyl groups is 1. The van der Waals surface area contributed by atoms with Crippen LogP contribution in [-0.2, 0) is 4.79 Å². The number of imidazole rings is 1. The number of nitrogens with zero attached hydrogens (tertiary/aromatic N) is 4. The van der Waals surface area contributed by atoms with Crippen molar-refractivity contribution in [3.05, 3.63) is 44.5 Å². The third-order valence-electron chi connectivity index (χ3n) is 5.78. The van der Waals surface area contributed by atoms with Crippen LogP contribution in [0.3, 0.4) is 0 Å². The van der Waals surface area contributed by atoms with E-state index in [1.54, 1.807) is 22.5 Å². The molecule has 2 aliphatic heterocycles. The molecule has 1 fully saturated rings. The van der Waals surface area contributed by atoms with E-state index in [1.165, 1.54) is 10.6 Å². The quantitative estimate of drug-likeness (QED) is 0.814. The average molecular weight is 415 g/mol. The zero-order valence-corrected chi connectivity index (χ0v) is 17.6. The Hall–Kier alpha value is -2.72. The van der Waals surface area contributed by atoms with Crippen LogP contribution < -0.4 is 5.69 Å². The molecule has 2 bridgehead atoms. The topological polar surface area (TPSA) is 91.3 Å². The normalized spacial score (nSPS) is 20.1. The van der Waals surface area contributed by atoms with Gasteiger partial charge in [0.1, 0.15) is 11.8 Å². The first-order valence-corrected chi connectivity index (χ1v) is 9.98. The Morgan fingerprint density at radius 3 is 2.69 bits per heavy atom. The second-order valence-corrected chi connectivity index (χ2v) is 9.45. The predicted octanol–water partition coefficient (Wildman–Crippen LogP) is 3.44. The molecule has 4 rings (SSSR count). The van der Waals surface area contributed by atoms with E-state index >= 15 is 0 Å². The van der Waals surface area contributed by atoms with Crippen molar-refractivity contribution in [2.24, 2.45) is 5.41 Å². The number of amides is 1. The Kier molecular flexibility index (Phi) is 4.32. The number of rotatable bonds is 2. The van der Waals surface area contributed by atoms with E-state index in [9.17, 15) is 14.7 Å². The first kappa shape index (κ1) is 19.6. The Morgan fingerprint density at radius 2 is 2.07 bits per heavy atom. The van der Waals surface area contributed by atoms with Gasteiger partial charge in [0, 0.05) is 13.0 Å². The molecule has 0 saturated carbocycles. The lowest BCUT2D eigenvalue weighted by Gasteiger charge is -2.30. The first-order valence-electron chi connectivity index (χ1n) is 9.60. The van der Waals surface area contributed by atoms with E-state index in [0.29, 0.717) is 41.9 Å². The highest BCUT2D eigenvalue weighted by molar-refractivity contribution is 6.32. The maximum absolute atomic E-state index is 13.1. The molecule has 2 aliphatic rings. The number of hydrogen-bond acceptors (Lipinski definition) is 4. The molecule has 8 heteroatoms. The number of carbonyl (C=O) groups excluding carboxylic acids is 1. The van der Waals surface area contributed by atoms with Gasteiger partial charge in [0.25, 0.3) is 0 Å². The zero-order valence-electron chi connectivity index (χ0n) is 16.9. The Morgan fingerprint density at radius 1 is 1.38 bits per heavy atom. The van der Waals surface area contributed by atoms with Crippen molar-refractivity contribution >= 4 is 17.5 Å². The molecule has 0 radical (unpaired) electrons. The summed E-state index contributed by atoms with van der Waals surface area (Å²) in [6.45, 7) is 8.23. The van der Waals surface area contributed by atoms with E-state index in [4.69, 9.17) is 16.9 Å². The molecule has 2 aromatic rings. The summed E-state index contributed by atoms with van der Waals surface area (Å²) >= 11 is 6.26. The molecule has 1 saturated heterocycles. The van der Waals surface area contributed by atoms with Gasteiger partial charge in [0.05, 0.1) is 28.4 Å². The summed E-state index contributed by atoms with van der Waals surface area (Å²) in [6, 6.07) is 4.71. The number of benzene rings is 1. The van der Waals surface area contributed by atoms with Crippen LogP contribution in [0.4, 0.5) is 0 Å². The molecule has 1 aromatic carbocycles. The third kappa shape index (κ3) is 2.85. The third-order valence-corrected chi connectivity index (χ3v) is 6.27. The molecule has 0 spiro atoms. The van der Waals surface area contributed by atoms with Crippen LogP contribution in [0.2, 0.25) is 5.02 Å². The number of nitriles is 1. The van der Waals surface area contributed by atoms with Crippen molar-refractivity contribution in [1.29, 1.82) is 5.26 Å². The van der Waals surface area contributed by atoms with Crippen molar-refractivity contribution in [3.8, 4) is 17.6 Å². The van der Waals surface area contributed by atoms with Gasteiger partial charge < -0.3 is 10.0 Å². The second kappa shape index (κ2) is 6.39.